The fraction of sp³-hybridized carbons (Fsp3) is 0.750. The molecule has 0 aliphatic heterocycles. The Morgan fingerprint density at radius 2 is 2.14 bits per heavy atom. The zero-order valence-corrected chi connectivity index (χ0v) is 5.22. The fourth-order valence-corrected chi connectivity index (χ4v) is 0.548. The number of hydrogen-bond donors (Lipinski definition) is 2. The van der Waals surface area contributed by atoms with E-state index in [0.717, 1.165) is 12.8 Å². The maximum absolute atomic E-state index is 6.97. The summed E-state index contributed by atoms with van der Waals surface area (Å²) in [6, 6.07) is 0. The van der Waals surface area contributed by atoms with Crippen LogP contribution in [-0.4, -0.2) is 11.0 Å². The van der Waals surface area contributed by atoms with Crippen LogP contribution in [0.5, 0.6) is 0 Å². The minimum Gasteiger partial charge on any atom is -0.387 e. The van der Waals surface area contributed by atoms with Crippen molar-refractivity contribution in [3.8, 4) is 0 Å². The minimum absolute atomic E-state index is 0.0278. The summed E-state index contributed by atoms with van der Waals surface area (Å²) in [5, 5.41) is 6.99. The molecule has 1 unspecified atom stereocenters. The highest BCUT2D eigenvalue weighted by Crippen LogP contribution is 2.44. The summed E-state index contributed by atoms with van der Waals surface area (Å²) >= 11 is 0. The van der Waals surface area contributed by atoms with E-state index in [1.54, 1.807) is 0 Å². The van der Waals surface area contributed by atoms with E-state index in [-0.39, 0.29) is 5.16 Å². The van der Waals surface area contributed by atoms with Crippen LogP contribution in [0.3, 0.4) is 0 Å². The molecule has 1 atom stereocenters. The van der Waals surface area contributed by atoms with Crippen LogP contribution >= 0.6 is 9.24 Å². The predicted molar refractivity (Wildman–Crippen MR) is 33.6 cm³/mol. The molecule has 0 aromatic heterocycles. The molecule has 0 spiro atoms. The molecule has 1 aliphatic carbocycles. The van der Waals surface area contributed by atoms with Crippen LogP contribution < -0.4 is 5.73 Å². The molecule has 1 saturated carbocycles. The van der Waals surface area contributed by atoms with E-state index in [1.807, 2.05) is 0 Å². The van der Waals surface area contributed by atoms with Crippen molar-refractivity contribution in [3.05, 3.63) is 0 Å². The van der Waals surface area contributed by atoms with Crippen LogP contribution in [-0.2, 0) is 0 Å². The van der Waals surface area contributed by atoms with Gasteiger partial charge in [0.2, 0.25) is 0 Å². The number of hydrogen-bond acceptors (Lipinski definition) is 1. The Balaban J connectivity index is 2.55. The van der Waals surface area contributed by atoms with Gasteiger partial charge in [-0.25, -0.2) is 0 Å². The molecule has 0 saturated heterocycles. The molecule has 3 N–H and O–H groups in total. The summed E-state index contributed by atoms with van der Waals surface area (Å²) in [5.41, 5.74) is 5.19. The first kappa shape index (κ1) is 5.04. The lowest BCUT2D eigenvalue weighted by molar-refractivity contribution is 1.19. The molecule has 0 aromatic carbocycles. The van der Waals surface area contributed by atoms with Gasteiger partial charge in [-0.15, -0.1) is 9.24 Å². The van der Waals surface area contributed by atoms with Gasteiger partial charge in [0.15, 0.2) is 0 Å². The van der Waals surface area contributed by atoms with Crippen molar-refractivity contribution >= 4 is 15.1 Å². The average molecular weight is 116 g/mol. The molecular formula is C4H9N2P. The third-order valence-electron chi connectivity index (χ3n) is 1.33. The molecule has 1 fully saturated rings. The molecule has 2 nitrogen and oxygen atoms in total. The molecule has 7 heavy (non-hydrogen) atoms. The molecule has 3 heteroatoms. The Labute approximate surface area is 45.2 Å². The second-order valence-electron chi connectivity index (χ2n) is 2.07. The van der Waals surface area contributed by atoms with E-state index >= 15 is 0 Å². The van der Waals surface area contributed by atoms with Crippen LogP contribution in [0.1, 0.15) is 12.8 Å². The van der Waals surface area contributed by atoms with E-state index in [4.69, 9.17) is 11.1 Å². The Bertz CT molecular complexity index is 106. The van der Waals surface area contributed by atoms with Gasteiger partial charge in [-0.05, 0) is 12.8 Å². The molecule has 0 aromatic rings. The lowest BCUT2D eigenvalue weighted by atomic mass is 10.4. The topological polar surface area (TPSA) is 49.9 Å². The van der Waals surface area contributed by atoms with Gasteiger partial charge in [0.05, 0.1) is 0 Å². The zero-order chi connectivity index (χ0) is 5.49. The highest BCUT2D eigenvalue weighted by atomic mass is 31.0. The van der Waals surface area contributed by atoms with Crippen LogP contribution in [0.25, 0.3) is 0 Å². The van der Waals surface area contributed by atoms with Crippen LogP contribution in [0, 0.1) is 5.41 Å². The standard InChI is InChI=1S/C4H9N2P/c5-3(6)4(7)1-2-4/h1-2,7H2,(H3,5,6). The molecule has 0 radical (unpaired) electrons. The number of amidine groups is 1. The second kappa shape index (κ2) is 1.19. The second-order valence-corrected chi connectivity index (χ2v) is 3.17. The van der Waals surface area contributed by atoms with E-state index in [9.17, 15) is 0 Å². The third-order valence-corrected chi connectivity index (χ3v) is 2.21. The molecule has 0 amide bonds. The van der Waals surface area contributed by atoms with Crippen LogP contribution in [0.15, 0.2) is 0 Å². The number of nitrogens with two attached hydrogens (primary N) is 1. The lowest BCUT2D eigenvalue weighted by Gasteiger charge is -2.00. The molecular weight excluding hydrogens is 107 g/mol. The molecule has 1 rings (SSSR count). The van der Waals surface area contributed by atoms with Gasteiger partial charge in [-0.1, -0.05) is 0 Å². The van der Waals surface area contributed by atoms with Crippen molar-refractivity contribution in [2.75, 3.05) is 0 Å². The largest absolute Gasteiger partial charge is 0.387 e. The van der Waals surface area contributed by atoms with Gasteiger partial charge in [0.25, 0.3) is 0 Å². The summed E-state index contributed by atoms with van der Waals surface area (Å²) < 4.78 is 0. The first-order valence-electron chi connectivity index (χ1n) is 2.28. The number of nitrogens with one attached hydrogen (secondary N) is 1. The maximum atomic E-state index is 6.97. The van der Waals surface area contributed by atoms with Crippen LogP contribution in [0.2, 0.25) is 0 Å². The summed E-state index contributed by atoms with van der Waals surface area (Å²) in [5.74, 6) is 0.317. The van der Waals surface area contributed by atoms with E-state index < -0.39 is 0 Å². The molecule has 0 bridgehead atoms. The Hall–Kier alpha value is -0.100. The smallest absolute Gasteiger partial charge is 0.101 e. The zero-order valence-electron chi connectivity index (χ0n) is 4.07. The lowest BCUT2D eigenvalue weighted by Crippen LogP contribution is -2.23. The first-order valence-corrected chi connectivity index (χ1v) is 2.86. The van der Waals surface area contributed by atoms with Gasteiger partial charge >= 0.3 is 0 Å². The Kier molecular flexibility index (Phi) is 0.859. The summed E-state index contributed by atoms with van der Waals surface area (Å²) in [6.45, 7) is 0. The highest BCUT2D eigenvalue weighted by molar-refractivity contribution is 7.21. The van der Waals surface area contributed by atoms with Crippen molar-refractivity contribution < 1.29 is 0 Å². The Morgan fingerprint density at radius 3 is 2.14 bits per heavy atom. The summed E-state index contributed by atoms with van der Waals surface area (Å²) in [4.78, 5) is 0. The normalized spacial score (nSPS) is 24.1. The third kappa shape index (κ3) is 0.755. The van der Waals surface area contributed by atoms with Crippen molar-refractivity contribution in [2.24, 2.45) is 5.73 Å². The highest BCUT2D eigenvalue weighted by Gasteiger charge is 2.40. The van der Waals surface area contributed by atoms with Gasteiger partial charge in [-0.2, -0.15) is 0 Å². The maximum Gasteiger partial charge on any atom is 0.101 e. The fourth-order valence-electron chi connectivity index (χ4n) is 0.404. The van der Waals surface area contributed by atoms with Crippen LogP contribution in [0.4, 0.5) is 0 Å². The van der Waals surface area contributed by atoms with Crippen molar-refractivity contribution in [1.29, 1.82) is 5.41 Å². The van der Waals surface area contributed by atoms with Gasteiger partial charge in [0.1, 0.15) is 5.84 Å². The average Bonchev–Trinajstić information content (AvgIpc) is 2.21. The van der Waals surface area contributed by atoms with Gasteiger partial charge in [0, 0.05) is 5.16 Å². The molecule has 1 aliphatic rings. The predicted octanol–water partition coefficient (Wildman–Crippen LogP) is 0.330. The van der Waals surface area contributed by atoms with E-state index in [0.29, 0.717) is 5.84 Å². The van der Waals surface area contributed by atoms with Crippen molar-refractivity contribution in [3.63, 3.8) is 0 Å². The molecule has 40 valence electrons. The summed E-state index contributed by atoms with van der Waals surface area (Å²) in [7, 11) is 2.59. The SMILES string of the molecule is N=C(N)C1(P)CC1. The van der Waals surface area contributed by atoms with Gasteiger partial charge in [-0.3, -0.25) is 5.41 Å². The monoisotopic (exact) mass is 116 g/mol. The minimum atomic E-state index is 0.0278. The summed E-state index contributed by atoms with van der Waals surface area (Å²) in [6.07, 6.45) is 2.15. The quantitative estimate of drug-likeness (QED) is 0.289. The first-order chi connectivity index (χ1) is 3.15. The molecule has 0 heterocycles. The van der Waals surface area contributed by atoms with E-state index in [2.05, 4.69) is 9.24 Å². The van der Waals surface area contributed by atoms with Gasteiger partial charge < -0.3 is 5.73 Å². The number of rotatable bonds is 1. The Morgan fingerprint density at radius 1 is 1.71 bits per heavy atom. The van der Waals surface area contributed by atoms with Crippen molar-refractivity contribution in [1.82, 2.24) is 0 Å². The van der Waals surface area contributed by atoms with Crippen molar-refractivity contribution in [2.45, 2.75) is 18.0 Å². The van der Waals surface area contributed by atoms with E-state index in [1.165, 1.54) is 0 Å².